The van der Waals surface area contributed by atoms with Crippen molar-refractivity contribution >= 4 is 29.3 Å². The molecule has 1 saturated heterocycles. The highest BCUT2D eigenvalue weighted by molar-refractivity contribution is 6.67. The molecule has 2 N–H and O–H groups in total. The maximum Gasteiger partial charge on any atom is 0.471 e. The lowest BCUT2D eigenvalue weighted by atomic mass is 9.61. The van der Waals surface area contributed by atoms with Gasteiger partial charge in [0, 0.05) is 53.3 Å². The van der Waals surface area contributed by atoms with Crippen LogP contribution in [0.2, 0.25) is 0 Å². The number of hydrogen-bond donors (Lipinski definition) is 2. The third kappa shape index (κ3) is 2.71. The van der Waals surface area contributed by atoms with Gasteiger partial charge in [-0.25, -0.2) is 4.98 Å². The number of aromatic nitrogens is 2. The molecule has 2 bridgehead atoms. The van der Waals surface area contributed by atoms with Gasteiger partial charge in [0.2, 0.25) is 0 Å². The highest BCUT2D eigenvalue weighted by Gasteiger charge is 2.53. The van der Waals surface area contributed by atoms with Crippen molar-refractivity contribution < 1.29 is 9.76 Å². The number of nitrogens with one attached hydrogen (secondary N) is 1. The predicted molar refractivity (Wildman–Crippen MR) is 119 cm³/mol. The first-order valence-corrected chi connectivity index (χ1v) is 11.5. The number of H-pyrrole nitrogens is 1. The first-order chi connectivity index (χ1) is 14.4. The molecule has 0 unspecified atom stereocenters. The molecule has 2 aromatic heterocycles. The molecule has 2 saturated carbocycles. The number of hydrazone groups is 1. The Morgan fingerprint density at radius 1 is 1.37 bits per heavy atom. The summed E-state index contributed by atoms with van der Waals surface area (Å²) in [5.41, 5.74) is 4.10. The van der Waals surface area contributed by atoms with Crippen molar-refractivity contribution in [2.75, 3.05) is 13.2 Å². The number of pyridine rings is 1. The molecule has 2 aliphatic carbocycles. The number of aliphatic hydroxyl groups is 1. The molecular formula is C23H31BN4O2. The van der Waals surface area contributed by atoms with Crippen LogP contribution in [0.25, 0.3) is 11.0 Å². The number of fused-ring (bicyclic) bond motifs is 7. The number of hydrogen-bond acceptors (Lipinski definition) is 5. The molecule has 2 aromatic rings. The van der Waals surface area contributed by atoms with E-state index in [0.29, 0.717) is 17.8 Å². The monoisotopic (exact) mass is 406 g/mol. The molecule has 4 atom stereocenters. The van der Waals surface area contributed by atoms with Gasteiger partial charge in [0.25, 0.3) is 0 Å². The summed E-state index contributed by atoms with van der Waals surface area (Å²) in [6.07, 6.45) is 8.88. The molecular weight excluding hydrogens is 375 g/mol. The predicted octanol–water partition coefficient (Wildman–Crippen LogP) is 2.91. The summed E-state index contributed by atoms with van der Waals surface area (Å²) in [4.78, 5) is 10.2. The molecule has 0 aromatic carbocycles. The van der Waals surface area contributed by atoms with Gasteiger partial charge in [-0.2, -0.15) is 5.10 Å². The molecule has 0 radical (unpaired) electrons. The van der Waals surface area contributed by atoms with Crippen molar-refractivity contribution in [2.24, 2.45) is 28.3 Å². The molecule has 6 rings (SSSR count). The average Bonchev–Trinajstić information content (AvgIpc) is 3.30. The second-order valence-electron chi connectivity index (χ2n) is 10.9. The molecule has 30 heavy (non-hydrogen) atoms. The Bertz CT molecular complexity index is 1030. The fourth-order valence-corrected chi connectivity index (χ4v) is 6.70. The zero-order valence-electron chi connectivity index (χ0n) is 18.2. The molecule has 4 heterocycles. The summed E-state index contributed by atoms with van der Waals surface area (Å²) in [7, 11) is -0.159. The largest absolute Gasteiger partial charge is 0.471 e. The molecule has 4 aliphatic rings. The molecule has 3 fully saturated rings. The summed E-state index contributed by atoms with van der Waals surface area (Å²) in [5, 5.41) is 17.5. The minimum absolute atomic E-state index is 0.0680. The number of aromatic amines is 1. The second kappa shape index (κ2) is 6.33. The third-order valence-electron chi connectivity index (χ3n) is 7.99. The molecule has 2 aliphatic heterocycles. The Morgan fingerprint density at radius 3 is 3.07 bits per heavy atom. The van der Waals surface area contributed by atoms with Crippen LogP contribution in [-0.2, 0) is 4.65 Å². The van der Waals surface area contributed by atoms with Crippen molar-refractivity contribution in [3.63, 3.8) is 0 Å². The highest BCUT2D eigenvalue weighted by atomic mass is 16.5. The smallest absolute Gasteiger partial charge is 0.411 e. The van der Waals surface area contributed by atoms with Gasteiger partial charge in [-0.05, 0) is 43.6 Å². The Hall–Kier alpha value is -1.86. The lowest BCUT2D eigenvalue weighted by Gasteiger charge is -2.46. The van der Waals surface area contributed by atoms with Crippen LogP contribution in [0.3, 0.4) is 0 Å². The van der Waals surface area contributed by atoms with Gasteiger partial charge >= 0.3 is 7.05 Å². The van der Waals surface area contributed by atoms with E-state index in [2.05, 4.69) is 36.7 Å². The molecule has 6 nitrogen and oxygen atoms in total. The fourth-order valence-electron chi connectivity index (χ4n) is 6.70. The van der Waals surface area contributed by atoms with E-state index < -0.39 is 5.60 Å². The summed E-state index contributed by atoms with van der Waals surface area (Å²) in [5.74, 6) is 1.33. The van der Waals surface area contributed by atoms with Gasteiger partial charge < -0.3 is 19.7 Å². The van der Waals surface area contributed by atoms with Crippen molar-refractivity contribution in [3.8, 4) is 0 Å². The van der Waals surface area contributed by atoms with E-state index in [1.54, 1.807) is 0 Å². The van der Waals surface area contributed by atoms with Gasteiger partial charge in [-0.15, -0.1) is 0 Å². The van der Waals surface area contributed by atoms with Gasteiger partial charge in [0.05, 0.1) is 11.3 Å². The van der Waals surface area contributed by atoms with Crippen LogP contribution in [0.1, 0.15) is 58.4 Å². The van der Waals surface area contributed by atoms with Crippen LogP contribution in [0, 0.1) is 23.2 Å². The molecule has 158 valence electrons. The lowest BCUT2D eigenvalue weighted by Crippen LogP contribution is -2.61. The van der Waals surface area contributed by atoms with E-state index in [4.69, 9.17) is 14.7 Å². The van der Waals surface area contributed by atoms with E-state index >= 15 is 0 Å². The van der Waals surface area contributed by atoms with E-state index in [-0.39, 0.29) is 12.5 Å². The van der Waals surface area contributed by atoms with Crippen molar-refractivity contribution in [1.29, 1.82) is 0 Å². The van der Waals surface area contributed by atoms with Gasteiger partial charge in [-0.1, -0.05) is 27.2 Å². The van der Waals surface area contributed by atoms with Crippen LogP contribution in [-0.4, -0.2) is 51.5 Å². The van der Waals surface area contributed by atoms with Gasteiger partial charge in [0.15, 0.2) is 0 Å². The minimum Gasteiger partial charge on any atom is -0.411 e. The van der Waals surface area contributed by atoms with Crippen molar-refractivity contribution in [1.82, 2.24) is 14.9 Å². The Kier molecular flexibility index (Phi) is 3.98. The lowest BCUT2D eigenvalue weighted by molar-refractivity contribution is -0.0124. The fraction of sp³-hybridized carbons (Fsp3) is 0.652. The summed E-state index contributed by atoms with van der Waals surface area (Å²) in [6.45, 7) is 8.36. The van der Waals surface area contributed by atoms with Gasteiger partial charge in [-0.3, -0.25) is 0 Å². The van der Waals surface area contributed by atoms with E-state index in [9.17, 15) is 5.11 Å². The standard InChI is InChI=1S/C23H31BN4O2/c1-4-14-9-23(29)7-5-15(10-23)18(14)20-19-16-6-8-25-21(16)26-11-17(19)24-28(27-20)12-22(2,3)13-30-24/h6,8,11,14-15,18,29H,4-5,7,9-10,12-13H2,1-3H3,(H,25,26)/t14-,15+,18+,23-/m1/s1. The first kappa shape index (κ1) is 18.9. The SMILES string of the molecule is CC[C@@H]1C[C@]2(O)CC[C@@H](C2)[C@H]1C1=NN2CC(C)(C)COB2c2cnc3[nH]ccc3c21. The normalized spacial score (nSPS) is 34.7. The van der Waals surface area contributed by atoms with E-state index in [0.717, 1.165) is 61.8 Å². The summed E-state index contributed by atoms with van der Waals surface area (Å²) < 4.78 is 6.34. The Balaban J connectivity index is 1.53. The summed E-state index contributed by atoms with van der Waals surface area (Å²) in [6, 6.07) is 2.13. The molecule has 0 amide bonds. The van der Waals surface area contributed by atoms with E-state index in [1.807, 2.05) is 12.4 Å². The van der Waals surface area contributed by atoms with Crippen molar-refractivity contribution in [2.45, 2.75) is 58.5 Å². The average molecular weight is 406 g/mol. The third-order valence-corrected chi connectivity index (χ3v) is 7.99. The first-order valence-electron chi connectivity index (χ1n) is 11.5. The molecule has 0 spiro atoms. The van der Waals surface area contributed by atoms with Crippen LogP contribution < -0.4 is 5.46 Å². The molecule has 7 heteroatoms. The highest BCUT2D eigenvalue weighted by Crippen LogP contribution is 2.53. The second-order valence-corrected chi connectivity index (χ2v) is 10.9. The van der Waals surface area contributed by atoms with Crippen LogP contribution in [0.5, 0.6) is 0 Å². The zero-order valence-corrected chi connectivity index (χ0v) is 18.2. The Morgan fingerprint density at radius 2 is 2.23 bits per heavy atom. The zero-order chi connectivity index (χ0) is 20.7. The van der Waals surface area contributed by atoms with Crippen LogP contribution in [0.15, 0.2) is 23.6 Å². The minimum atomic E-state index is -0.458. The maximum atomic E-state index is 11.0. The van der Waals surface area contributed by atoms with Crippen molar-refractivity contribution in [3.05, 3.63) is 24.0 Å². The maximum absolute atomic E-state index is 11.0. The quantitative estimate of drug-likeness (QED) is 0.753. The van der Waals surface area contributed by atoms with E-state index in [1.165, 1.54) is 11.3 Å². The summed E-state index contributed by atoms with van der Waals surface area (Å²) >= 11 is 0. The number of rotatable bonds is 2. The Labute approximate surface area is 178 Å². The van der Waals surface area contributed by atoms with Crippen LogP contribution in [0.4, 0.5) is 0 Å². The topological polar surface area (TPSA) is 73.7 Å². The van der Waals surface area contributed by atoms with Crippen LogP contribution >= 0.6 is 0 Å². The van der Waals surface area contributed by atoms with Gasteiger partial charge in [0.1, 0.15) is 5.65 Å². The number of nitrogens with zero attached hydrogens (tertiary/aromatic N) is 3.